The number of nitrogens with zero attached hydrogens (tertiary/aromatic N) is 3. The van der Waals surface area contributed by atoms with Crippen LogP contribution in [0.5, 0.6) is 11.5 Å². The number of pyridine rings is 1. The number of alkyl halides is 3. The topological polar surface area (TPSA) is 219 Å². The molecular weight excluding hydrogens is 900 g/mol. The summed E-state index contributed by atoms with van der Waals surface area (Å²) in [6.45, 7) is 10.2. The third-order valence-corrected chi connectivity index (χ3v) is 15.8. The number of morpholine rings is 1. The molecule has 1 aromatic carbocycles. The number of fused-ring (bicyclic) bond motifs is 5. The zero-order chi connectivity index (χ0) is 48.2. The lowest BCUT2D eigenvalue weighted by molar-refractivity contribution is -0.144. The van der Waals surface area contributed by atoms with Crippen molar-refractivity contribution >= 4 is 50.5 Å². The first-order chi connectivity index (χ1) is 31.5. The van der Waals surface area contributed by atoms with E-state index in [1.54, 1.807) is 39.0 Å². The first-order valence-electron chi connectivity index (χ1n) is 23.2. The standard InChI is InChI=1S/C46H60F3N7O10S/c1-42(2,3)66-41(60)52-33-12-9-7-5-6-8-11-31-36(50)45(31,40(59)54-67(61,62)43(4)17-18-43)53-38(57)34-26-44(27-56(34)39(33)58)16-15-29-30-25-28(64-22-10-19-55-20-23-63-24-21-55)13-14-32(30)51-37(35(29)65-44)46(47,48)49/h11,13-14,25,33-34,50H,5-10,12,15-24,26-27H2,1-4H3,(H,52,60)(H,53,57)(H,54,59). The predicted molar refractivity (Wildman–Crippen MR) is 238 cm³/mol. The molecule has 2 saturated heterocycles. The first kappa shape index (κ1) is 48.4. The summed E-state index contributed by atoms with van der Waals surface area (Å²) >= 11 is 0. The lowest BCUT2D eigenvalue weighted by Crippen LogP contribution is -2.59. The molecular formula is C46H60F3N7O10S. The van der Waals surface area contributed by atoms with Crippen molar-refractivity contribution < 1.29 is 59.7 Å². The van der Waals surface area contributed by atoms with Gasteiger partial charge in [-0.1, -0.05) is 25.3 Å². The van der Waals surface area contributed by atoms with Gasteiger partial charge < -0.3 is 39.9 Å². The highest BCUT2D eigenvalue weighted by Gasteiger charge is 2.66. The fraction of sp³-hybridized carbons (Fsp3) is 0.652. The Hall–Kier alpha value is -5.02. The molecule has 1 spiro atoms. The second-order valence-corrected chi connectivity index (χ2v) is 22.1. The van der Waals surface area contributed by atoms with Crippen molar-refractivity contribution in [2.24, 2.45) is 0 Å². The van der Waals surface area contributed by atoms with Crippen LogP contribution in [0.2, 0.25) is 0 Å². The van der Waals surface area contributed by atoms with Crippen LogP contribution in [-0.4, -0.2) is 132 Å². The number of nitrogens with one attached hydrogen (secondary N) is 4. The monoisotopic (exact) mass is 959 g/mol. The molecule has 2 saturated carbocycles. The molecule has 1 aromatic heterocycles. The second-order valence-electron chi connectivity index (χ2n) is 19.9. The maximum atomic E-state index is 15.0. The number of sulfonamides is 1. The predicted octanol–water partition coefficient (Wildman–Crippen LogP) is 5.08. The van der Waals surface area contributed by atoms with Crippen LogP contribution in [0.4, 0.5) is 18.0 Å². The van der Waals surface area contributed by atoms with Crippen LogP contribution in [0.3, 0.4) is 0 Å². The van der Waals surface area contributed by atoms with Gasteiger partial charge in [0.2, 0.25) is 21.8 Å². The molecule has 4 N–H and O–H groups in total. The highest BCUT2D eigenvalue weighted by atomic mass is 32.2. The van der Waals surface area contributed by atoms with Crippen molar-refractivity contribution in [3.8, 4) is 11.5 Å². The van der Waals surface area contributed by atoms with Gasteiger partial charge in [-0.25, -0.2) is 22.9 Å². The van der Waals surface area contributed by atoms with E-state index in [0.717, 1.165) is 24.5 Å². The smallest absolute Gasteiger partial charge is 0.437 e. The van der Waals surface area contributed by atoms with E-state index in [-0.39, 0.29) is 48.0 Å². The Morgan fingerprint density at radius 3 is 2.49 bits per heavy atom. The number of carbonyl (C=O) groups excluding carboxylic acids is 4. The summed E-state index contributed by atoms with van der Waals surface area (Å²) in [5.41, 5.74) is -5.92. The molecule has 4 amide bonds. The Morgan fingerprint density at radius 1 is 1.06 bits per heavy atom. The first-order valence-corrected chi connectivity index (χ1v) is 24.7. The van der Waals surface area contributed by atoms with Gasteiger partial charge in [-0.2, -0.15) is 13.2 Å². The summed E-state index contributed by atoms with van der Waals surface area (Å²) < 4.78 is 96.1. The molecule has 4 unspecified atom stereocenters. The zero-order valence-electron chi connectivity index (χ0n) is 38.4. The van der Waals surface area contributed by atoms with E-state index in [4.69, 9.17) is 24.4 Å². The lowest BCUT2D eigenvalue weighted by atomic mass is 9.87. The normalized spacial score (nSPS) is 27.0. The van der Waals surface area contributed by atoms with Gasteiger partial charge in [-0.3, -0.25) is 19.3 Å². The van der Waals surface area contributed by atoms with E-state index in [9.17, 15) is 27.6 Å². The van der Waals surface area contributed by atoms with Gasteiger partial charge in [0.05, 0.1) is 42.3 Å². The maximum Gasteiger partial charge on any atom is 0.437 e. The number of ether oxygens (including phenoxy) is 4. The van der Waals surface area contributed by atoms with Crippen LogP contribution < -0.4 is 24.8 Å². The lowest BCUT2D eigenvalue weighted by Gasteiger charge is -2.37. The molecule has 4 aliphatic heterocycles. The van der Waals surface area contributed by atoms with E-state index < -0.39 is 91.6 Å². The number of rotatable bonds is 9. The minimum Gasteiger partial charge on any atom is -0.494 e. The van der Waals surface area contributed by atoms with Crippen molar-refractivity contribution in [1.82, 2.24) is 30.1 Å². The van der Waals surface area contributed by atoms with E-state index in [0.29, 0.717) is 82.3 Å². The summed E-state index contributed by atoms with van der Waals surface area (Å²) in [7, 11) is -4.23. The van der Waals surface area contributed by atoms with Crippen molar-refractivity contribution in [3.63, 3.8) is 0 Å². The van der Waals surface area contributed by atoms with Crippen LogP contribution in [0.25, 0.3) is 10.9 Å². The summed E-state index contributed by atoms with van der Waals surface area (Å²) in [5.74, 6) is -2.96. The number of benzene rings is 1. The van der Waals surface area contributed by atoms with Gasteiger partial charge in [0.1, 0.15) is 29.0 Å². The van der Waals surface area contributed by atoms with E-state index >= 15 is 13.2 Å². The number of aryl methyl sites for hydroxylation is 1. The number of aromatic nitrogens is 1. The Kier molecular flexibility index (Phi) is 13.1. The van der Waals surface area contributed by atoms with Crippen LogP contribution in [0.1, 0.15) is 110 Å². The summed E-state index contributed by atoms with van der Waals surface area (Å²) in [4.78, 5) is 64.5. The van der Waals surface area contributed by atoms with E-state index in [1.165, 1.54) is 13.0 Å². The minimum absolute atomic E-state index is 0.0222. The Morgan fingerprint density at radius 2 is 1.79 bits per heavy atom. The molecule has 366 valence electrons. The number of hydrogen-bond donors (Lipinski definition) is 4. The minimum atomic E-state index is -4.98. The largest absolute Gasteiger partial charge is 0.494 e. The molecule has 4 fully saturated rings. The van der Waals surface area contributed by atoms with Crippen molar-refractivity contribution in [1.29, 1.82) is 5.41 Å². The van der Waals surface area contributed by atoms with Gasteiger partial charge in [-0.15, -0.1) is 0 Å². The summed E-state index contributed by atoms with van der Waals surface area (Å²) in [5, 5.41) is 14.6. The van der Waals surface area contributed by atoms with E-state index in [2.05, 4.69) is 25.2 Å². The highest BCUT2D eigenvalue weighted by Crippen LogP contribution is 2.50. The number of carbonyl (C=O) groups is 4. The fourth-order valence-corrected chi connectivity index (χ4v) is 10.8. The summed E-state index contributed by atoms with van der Waals surface area (Å²) in [6.07, 6.45) is -0.303. The fourth-order valence-electron chi connectivity index (χ4n) is 9.54. The third-order valence-electron chi connectivity index (χ3n) is 13.7. The van der Waals surface area contributed by atoms with Crippen molar-refractivity contribution in [2.45, 2.75) is 144 Å². The van der Waals surface area contributed by atoms with Gasteiger partial charge in [0.15, 0.2) is 17.0 Å². The quantitative estimate of drug-likeness (QED) is 0.242. The Labute approximate surface area is 387 Å². The number of alkyl carbamates (subject to hydrolysis) is 1. The molecule has 17 nitrogen and oxygen atoms in total. The number of halogens is 3. The summed E-state index contributed by atoms with van der Waals surface area (Å²) in [6, 6.07) is 1.94. The average Bonchev–Trinajstić information content (AvgIpc) is 4.10. The number of amides is 4. The third kappa shape index (κ3) is 10.1. The Bertz CT molecular complexity index is 2470. The molecule has 21 heteroatoms. The molecule has 2 aliphatic carbocycles. The molecule has 2 aromatic rings. The van der Waals surface area contributed by atoms with Crippen molar-refractivity contribution in [3.05, 3.63) is 41.1 Å². The van der Waals surface area contributed by atoms with Gasteiger partial charge in [0.25, 0.3) is 5.91 Å². The second kappa shape index (κ2) is 18.1. The number of allylic oxidation sites excluding steroid dienone is 1. The number of hydrogen-bond acceptors (Lipinski definition) is 13. The van der Waals surface area contributed by atoms with Crippen molar-refractivity contribution in [2.75, 3.05) is 46.0 Å². The Balaban J connectivity index is 1.13. The maximum absolute atomic E-state index is 15.0. The van der Waals surface area contributed by atoms with Crippen LogP contribution >= 0.6 is 0 Å². The molecule has 0 bridgehead atoms. The molecule has 6 aliphatic rings. The average molecular weight is 960 g/mol. The molecule has 8 rings (SSSR count). The van der Waals surface area contributed by atoms with Crippen LogP contribution in [-0.2, 0) is 46.5 Å². The van der Waals surface area contributed by atoms with Crippen LogP contribution in [0, 0.1) is 5.41 Å². The van der Waals surface area contributed by atoms with Gasteiger partial charge in [-0.05, 0) is 97.3 Å². The highest BCUT2D eigenvalue weighted by molar-refractivity contribution is 7.91. The van der Waals surface area contributed by atoms with Gasteiger partial charge in [0, 0.05) is 42.6 Å². The zero-order valence-corrected chi connectivity index (χ0v) is 39.2. The van der Waals surface area contributed by atoms with Crippen LogP contribution in [0.15, 0.2) is 29.8 Å². The van der Waals surface area contributed by atoms with Gasteiger partial charge >= 0.3 is 12.3 Å². The molecule has 4 atom stereocenters. The molecule has 0 radical (unpaired) electrons. The SMILES string of the molecule is CC(C)(C)OC(=O)NC1CCCCCCC=C2C(=N)C2(C(=O)NS(=O)(=O)C2(C)CC2)NC(=O)C2CC3(CCc4c(c(C(F)(F)F)nc5ccc(OCCCN6CCOCC6)cc45)O3)CN2C1=O. The molecule has 5 heterocycles. The molecule has 67 heavy (non-hydrogen) atoms. The van der Waals surface area contributed by atoms with E-state index in [1.807, 2.05) is 0 Å².